The van der Waals surface area contributed by atoms with Crippen LogP contribution in [-0.4, -0.2) is 22.2 Å². The van der Waals surface area contributed by atoms with E-state index in [2.05, 4.69) is 42.5 Å². The number of hydrogen-bond acceptors (Lipinski definition) is 2. The molecule has 0 radical (unpaired) electrons. The number of nitrogens with zero attached hydrogens (tertiary/aromatic N) is 2. The molecule has 0 spiro atoms. The zero-order valence-corrected chi connectivity index (χ0v) is 11.6. The van der Waals surface area contributed by atoms with E-state index in [1.807, 2.05) is 10.9 Å². The molecule has 0 aliphatic rings. The number of aryl methyl sites for hydroxylation is 2. The number of carbonyl (C=O) groups excluding carboxylic acids is 1. The summed E-state index contributed by atoms with van der Waals surface area (Å²) in [7, 11) is 0. The van der Waals surface area contributed by atoms with Gasteiger partial charge in [0.15, 0.2) is 0 Å². The van der Waals surface area contributed by atoms with Gasteiger partial charge >= 0.3 is 0 Å². The first-order valence-corrected chi connectivity index (χ1v) is 6.89. The molecule has 0 aliphatic heterocycles. The quantitative estimate of drug-likeness (QED) is 0.811. The molecule has 0 atom stereocenters. The van der Waals surface area contributed by atoms with Gasteiger partial charge in [0.05, 0.1) is 18.3 Å². The van der Waals surface area contributed by atoms with Crippen molar-refractivity contribution < 1.29 is 4.79 Å². The fourth-order valence-electron chi connectivity index (χ4n) is 2.09. The Labute approximate surface area is 113 Å². The van der Waals surface area contributed by atoms with E-state index < -0.39 is 0 Å². The van der Waals surface area contributed by atoms with Gasteiger partial charge in [-0.3, -0.25) is 9.48 Å². The number of carbonyl (C=O) groups is 1. The number of hydrogen-bond donors (Lipinski definition) is 1. The van der Waals surface area contributed by atoms with E-state index in [4.69, 9.17) is 0 Å². The molecule has 1 aromatic heterocycles. The number of nitrogens with one attached hydrogen (secondary N) is 1. The Morgan fingerprint density at radius 2 is 2.26 bits per heavy atom. The first kappa shape index (κ1) is 13.6. The SMILES string of the molecule is CCCCNC(=O)CCn1ncc2cc(C)ccc21. The number of aromatic nitrogens is 2. The van der Waals surface area contributed by atoms with E-state index >= 15 is 0 Å². The summed E-state index contributed by atoms with van der Waals surface area (Å²) in [6.45, 7) is 5.58. The van der Waals surface area contributed by atoms with Gasteiger partial charge in [-0.2, -0.15) is 5.10 Å². The van der Waals surface area contributed by atoms with E-state index in [-0.39, 0.29) is 5.91 Å². The predicted molar refractivity (Wildman–Crippen MR) is 77.0 cm³/mol. The molecule has 4 nitrogen and oxygen atoms in total. The smallest absolute Gasteiger partial charge is 0.221 e. The maximum Gasteiger partial charge on any atom is 0.221 e. The molecule has 19 heavy (non-hydrogen) atoms. The van der Waals surface area contributed by atoms with Crippen LogP contribution in [-0.2, 0) is 11.3 Å². The molecule has 0 aliphatic carbocycles. The van der Waals surface area contributed by atoms with Crippen molar-refractivity contribution in [2.75, 3.05) is 6.54 Å². The number of rotatable bonds is 6. The van der Waals surface area contributed by atoms with Gasteiger partial charge in [0.1, 0.15) is 0 Å². The molecule has 102 valence electrons. The first-order valence-electron chi connectivity index (χ1n) is 6.89. The summed E-state index contributed by atoms with van der Waals surface area (Å²) < 4.78 is 1.90. The van der Waals surface area contributed by atoms with Crippen LogP contribution in [0.4, 0.5) is 0 Å². The lowest BCUT2D eigenvalue weighted by atomic mass is 10.2. The van der Waals surface area contributed by atoms with Gasteiger partial charge in [-0.15, -0.1) is 0 Å². The lowest BCUT2D eigenvalue weighted by Gasteiger charge is -2.05. The minimum absolute atomic E-state index is 0.101. The number of fused-ring (bicyclic) bond motifs is 1. The second-order valence-electron chi connectivity index (χ2n) is 4.88. The van der Waals surface area contributed by atoms with E-state index in [1.54, 1.807) is 0 Å². The van der Waals surface area contributed by atoms with Crippen molar-refractivity contribution in [1.29, 1.82) is 0 Å². The molecule has 4 heteroatoms. The molecule has 2 rings (SSSR count). The van der Waals surface area contributed by atoms with Gasteiger partial charge in [0.2, 0.25) is 5.91 Å². The number of unbranched alkanes of at least 4 members (excludes halogenated alkanes) is 1. The van der Waals surface area contributed by atoms with E-state index in [0.717, 1.165) is 30.3 Å². The highest BCUT2D eigenvalue weighted by atomic mass is 16.1. The summed E-state index contributed by atoms with van der Waals surface area (Å²) in [5.74, 6) is 0.101. The Bertz CT molecular complexity index is 560. The molecule has 1 aromatic carbocycles. The third kappa shape index (κ3) is 3.56. The highest BCUT2D eigenvalue weighted by Gasteiger charge is 2.05. The van der Waals surface area contributed by atoms with E-state index in [0.29, 0.717) is 13.0 Å². The van der Waals surface area contributed by atoms with Gasteiger partial charge < -0.3 is 5.32 Å². The Morgan fingerprint density at radius 1 is 1.42 bits per heavy atom. The van der Waals surface area contributed by atoms with Crippen LogP contribution in [0.5, 0.6) is 0 Å². The average Bonchev–Trinajstić information content (AvgIpc) is 2.79. The summed E-state index contributed by atoms with van der Waals surface area (Å²) in [5.41, 5.74) is 2.32. The van der Waals surface area contributed by atoms with Crippen molar-refractivity contribution in [2.24, 2.45) is 0 Å². The summed E-state index contributed by atoms with van der Waals surface area (Å²) >= 11 is 0. The normalized spacial score (nSPS) is 10.8. The number of amides is 1. The molecule has 0 fully saturated rings. The molecule has 0 bridgehead atoms. The Hall–Kier alpha value is -1.84. The third-order valence-electron chi connectivity index (χ3n) is 3.20. The summed E-state index contributed by atoms with van der Waals surface area (Å²) in [4.78, 5) is 11.7. The monoisotopic (exact) mass is 259 g/mol. The zero-order valence-electron chi connectivity index (χ0n) is 11.6. The lowest BCUT2D eigenvalue weighted by molar-refractivity contribution is -0.121. The van der Waals surface area contributed by atoms with Crippen LogP contribution >= 0.6 is 0 Å². The van der Waals surface area contributed by atoms with Gasteiger partial charge in [0.25, 0.3) is 0 Å². The molecule has 1 N–H and O–H groups in total. The van der Waals surface area contributed by atoms with Crippen LogP contribution in [0.25, 0.3) is 10.9 Å². The van der Waals surface area contributed by atoms with Crippen LogP contribution in [0.2, 0.25) is 0 Å². The van der Waals surface area contributed by atoms with Gasteiger partial charge in [-0.05, 0) is 25.5 Å². The topological polar surface area (TPSA) is 46.9 Å². The Morgan fingerprint density at radius 3 is 3.05 bits per heavy atom. The maximum absolute atomic E-state index is 11.7. The van der Waals surface area contributed by atoms with Gasteiger partial charge in [-0.1, -0.05) is 25.0 Å². The molecular formula is C15H21N3O. The molecular weight excluding hydrogens is 238 g/mol. The fraction of sp³-hybridized carbons (Fsp3) is 0.467. The van der Waals surface area contributed by atoms with Crippen molar-refractivity contribution in [3.8, 4) is 0 Å². The largest absolute Gasteiger partial charge is 0.356 e. The Kier molecular flexibility index (Phi) is 4.55. The summed E-state index contributed by atoms with van der Waals surface area (Å²) in [5, 5.41) is 8.40. The lowest BCUT2D eigenvalue weighted by Crippen LogP contribution is -2.25. The summed E-state index contributed by atoms with van der Waals surface area (Å²) in [6, 6.07) is 6.24. The van der Waals surface area contributed by atoms with Crippen molar-refractivity contribution in [3.63, 3.8) is 0 Å². The van der Waals surface area contributed by atoms with E-state index in [9.17, 15) is 4.79 Å². The van der Waals surface area contributed by atoms with Crippen LogP contribution in [0.1, 0.15) is 31.7 Å². The molecule has 1 amide bonds. The highest BCUT2D eigenvalue weighted by molar-refractivity contribution is 5.80. The number of benzene rings is 1. The zero-order chi connectivity index (χ0) is 13.7. The first-order chi connectivity index (χ1) is 9.20. The van der Waals surface area contributed by atoms with Crippen molar-refractivity contribution in [2.45, 2.75) is 39.7 Å². The van der Waals surface area contributed by atoms with Crippen molar-refractivity contribution in [1.82, 2.24) is 15.1 Å². The molecule has 0 unspecified atom stereocenters. The molecule has 0 saturated heterocycles. The molecule has 1 heterocycles. The van der Waals surface area contributed by atoms with Crippen LogP contribution in [0.3, 0.4) is 0 Å². The molecule has 2 aromatic rings. The maximum atomic E-state index is 11.7. The van der Waals surface area contributed by atoms with Crippen molar-refractivity contribution >= 4 is 16.8 Å². The fourth-order valence-corrected chi connectivity index (χ4v) is 2.09. The standard InChI is InChI=1S/C15H21N3O/c1-3-4-8-16-15(19)7-9-18-14-6-5-12(2)10-13(14)11-17-18/h5-6,10-11H,3-4,7-9H2,1-2H3,(H,16,19). The predicted octanol–water partition coefficient (Wildman–Crippen LogP) is 2.65. The van der Waals surface area contributed by atoms with Crippen LogP contribution in [0.15, 0.2) is 24.4 Å². The second-order valence-corrected chi connectivity index (χ2v) is 4.88. The summed E-state index contributed by atoms with van der Waals surface area (Å²) in [6.07, 6.45) is 4.48. The molecule has 0 saturated carbocycles. The van der Waals surface area contributed by atoms with Gasteiger partial charge in [0, 0.05) is 18.4 Å². The third-order valence-corrected chi connectivity index (χ3v) is 3.20. The second kappa shape index (κ2) is 6.36. The minimum Gasteiger partial charge on any atom is -0.356 e. The highest BCUT2D eigenvalue weighted by Crippen LogP contribution is 2.15. The van der Waals surface area contributed by atoms with Gasteiger partial charge in [-0.25, -0.2) is 0 Å². The average molecular weight is 259 g/mol. The Balaban J connectivity index is 1.93. The van der Waals surface area contributed by atoms with E-state index in [1.165, 1.54) is 5.56 Å². The minimum atomic E-state index is 0.101. The van der Waals surface area contributed by atoms with Crippen LogP contribution in [0, 0.1) is 6.92 Å². The van der Waals surface area contributed by atoms with Crippen LogP contribution < -0.4 is 5.32 Å². The van der Waals surface area contributed by atoms with Crippen molar-refractivity contribution in [3.05, 3.63) is 30.0 Å².